The Bertz CT molecular complexity index is 868. The second-order valence-corrected chi connectivity index (χ2v) is 9.08. The summed E-state index contributed by atoms with van der Waals surface area (Å²) in [5.74, 6) is 0. The molecule has 0 spiro atoms. The highest BCUT2D eigenvalue weighted by Gasteiger charge is 2.63. The fraction of sp³-hybridized carbons (Fsp3) is 0.357. The normalized spacial score (nSPS) is 22.4. The van der Waals surface area contributed by atoms with Gasteiger partial charge in [0.2, 0.25) is 0 Å². The molecule has 1 aliphatic heterocycles. The number of hydrogen-bond donors (Lipinski definition) is 1. The van der Waals surface area contributed by atoms with Gasteiger partial charge in [-0.05, 0) is 12.0 Å². The third-order valence-electron chi connectivity index (χ3n) is 6.79. The first-order valence-corrected chi connectivity index (χ1v) is 11.3. The first-order chi connectivity index (χ1) is 14.6. The van der Waals surface area contributed by atoms with Crippen molar-refractivity contribution in [1.82, 2.24) is 0 Å². The molecule has 3 aromatic carbocycles. The van der Waals surface area contributed by atoms with Crippen LogP contribution in [0, 0.1) is 0 Å². The number of quaternary nitrogens is 1. The summed E-state index contributed by atoms with van der Waals surface area (Å²) < 4.78 is 0.920. The first kappa shape index (κ1) is 20.8. The Kier molecular flexibility index (Phi) is 6.36. The molecular formula is C28H34NO+. The minimum Gasteiger partial charge on any atom is -0.378 e. The maximum atomic E-state index is 11.7. The minimum absolute atomic E-state index is 0.201. The van der Waals surface area contributed by atoms with Gasteiger partial charge in [-0.2, -0.15) is 0 Å². The zero-order valence-electron chi connectivity index (χ0n) is 18.1. The lowest BCUT2D eigenvalue weighted by Crippen LogP contribution is -2.80. The lowest BCUT2D eigenvalue weighted by Gasteiger charge is -2.62. The number of aliphatic hydroxyl groups is 1. The molecule has 30 heavy (non-hydrogen) atoms. The molecule has 0 radical (unpaired) electrons. The highest BCUT2D eigenvalue weighted by atomic mass is 16.3. The van der Waals surface area contributed by atoms with Crippen LogP contribution >= 0.6 is 0 Å². The maximum Gasteiger partial charge on any atom is 0.165 e. The van der Waals surface area contributed by atoms with Crippen molar-refractivity contribution in [1.29, 1.82) is 0 Å². The van der Waals surface area contributed by atoms with Gasteiger partial charge < -0.3 is 9.59 Å². The lowest BCUT2D eigenvalue weighted by atomic mass is 9.72. The van der Waals surface area contributed by atoms with E-state index in [0.29, 0.717) is 0 Å². The van der Waals surface area contributed by atoms with Gasteiger partial charge in [-0.3, -0.25) is 0 Å². The van der Waals surface area contributed by atoms with Crippen LogP contribution in [0.2, 0.25) is 0 Å². The molecular weight excluding hydrogens is 366 g/mol. The number of hydrogen-bond acceptors (Lipinski definition) is 1. The molecule has 2 atom stereocenters. The van der Waals surface area contributed by atoms with Crippen LogP contribution in [-0.4, -0.2) is 27.8 Å². The molecule has 1 N–H and O–H groups in total. The maximum absolute atomic E-state index is 11.7. The molecule has 156 valence electrons. The highest BCUT2D eigenvalue weighted by molar-refractivity contribution is 5.20. The Morgan fingerprint density at radius 1 is 0.767 bits per heavy atom. The van der Waals surface area contributed by atoms with Crippen molar-refractivity contribution in [2.24, 2.45) is 0 Å². The summed E-state index contributed by atoms with van der Waals surface area (Å²) >= 11 is 0. The van der Waals surface area contributed by atoms with Crippen molar-refractivity contribution in [2.45, 2.75) is 57.3 Å². The zero-order chi connectivity index (χ0) is 20.9. The second kappa shape index (κ2) is 9.16. The van der Waals surface area contributed by atoms with Gasteiger partial charge in [0.1, 0.15) is 25.7 Å². The van der Waals surface area contributed by atoms with E-state index in [-0.39, 0.29) is 6.04 Å². The van der Waals surface area contributed by atoms with E-state index in [2.05, 4.69) is 97.9 Å². The van der Waals surface area contributed by atoms with Crippen molar-refractivity contribution in [2.75, 3.05) is 6.54 Å². The van der Waals surface area contributed by atoms with Gasteiger partial charge in [-0.1, -0.05) is 111 Å². The SMILES string of the molecule is CCCC[C@]1(O)C[N+](Cc2ccccc2)(Cc2ccccc2)[C@H]1Cc1ccccc1. The Morgan fingerprint density at radius 3 is 1.70 bits per heavy atom. The Morgan fingerprint density at radius 2 is 1.23 bits per heavy atom. The van der Waals surface area contributed by atoms with Gasteiger partial charge in [0.25, 0.3) is 0 Å². The van der Waals surface area contributed by atoms with Gasteiger partial charge in [0.05, 0.1) is 0 Å². The van der Waals surface area contributed by atoms with Crippen LogP contribution in [0.5, 0.6) is 0 Å². The summed E-state index contributed by atoms with van der Waals surface area (Å²) in [5.41, 5.74) is 3.43. The molecule has 1 saturated heterocycles. The van der Waals surface area contributed by atoms with Crippen LogP contribution < -0.4 is 0 Å². The summed E-state index contributed by atoms with van der Waals surface area (Å²) in [5, 5.41) is 11.7. The van der Waals surface area contributed by atoms with Gasteiger partial charge in [0.15, 0.2) is 5.60 Å². The minimum atomic E-state index is -0.588. The van der Waals surface area contributed by atoms with E-state index in [9.17, 15) is 5.11 Å². The molecule has 1 heterocycles. The fourth-order valence-electron chi connectivity index (χ4n) is 5.39. The summed E-state index contributed by atoms with van der Waals surface area (Å²) in [6.07, 6.45) is 4.02. The molecule has 0 saturated carbocycles. The fourth-order valence-corrected chi connectivity index (χ4v) is 5.39. The van der Waals surface area contributed by atoms with E-state index in [4.69, 9.17) is 0 Å². The molecule has 2 nitrogen and oxygen atoms in total. The Labute approximate surface area is 181 Å². The molecule has 2 heteroatoms. The molecule has 0 aliphatic carbocycles. The quantitative estimate of drug-likeness (QED) is 0.454. The van der Waals surface area contributed by atoms with Crippen LogP contribution in [0.25, 0.3) is 0 Å². The van der Waals surface area contributed by atoms with Gasteiger partial charge in [0, 0.05) is 17.5 Å². The van der Waals surface area contributed by atoms with Gasteiger partial charge in [-0.15, -0.1) is 0 Å². The van der Waals surface area contributed by atoms with Crippen molar-refractivity contribution in [3.8, 4) is 0 Å². The van der Waals surface area contributed by atoms with E-state index in [1.165, 1.54) is 16.7 Å². The number of benzene rings is 3. The standard InChI is InChI=1S/C28H34NO/c1-2-3-19-28(30)23-29(21-25-15-9-5-10-16-25,22-26-17-11-6-12-18-26)27(28)20-24-13-7-4-8-14-24/h4-18,27,30H,2-3,19-23H2,1H3/q+1/t27-,28-/m0/s1. The van der Waals surface area contributed by atoms with Crippen LogP contribution in [0.15, 0.2) is 91.0 Å². The van der Waals surface area contributed by atoms with E-state index < -0.39 is 5.60 Å². The van der Waals surface area contributed by atoms with E-state index in [0.717, 1.165) is 49.8 Å². The third-order valence-corrected chi connectivity index (χ3v) is 6.79. The molecule has 0 aromatic heterocycles. The highest BCUT2D eigenvalue weighted by Crippen LogP contribution is 2.45. The molecule has 3 aromatic rings. The predicted molar refractivity (Wildman–Crippen MR) is 124 cm³/mol. The van der Waals surface area contributed by atoms with E-state index in [1.54, 1.807) is 0 Å². The molecule has 1 fully saturated rings. The average molecular weight is 401 g/mol. The van der Waals surface area contributed by atoms with Crippen LogP contribution in [0.3, 0.4) is 0 Å². The molecule has 1 aliphatic rings. The van der Waals surface area contributed by atoms with Gasteiger partial charge in [-0.25, -0.2) is 0 Å². The third kappa shape index (κ3) is 4.50. The summed E-state index contributed by atoms with van der Waals surface area (Å²) in [7, 11) is 0. The number of unbranched alkanes of at least 4 members (excludes halogenated alkanes) is 1. The molecule has 0 bridgehead atoms. The predicted octanol–water partition coefficient (Wildman–Crippen LogP) is 5.75. The number of rotatable bonds is 9. The number of likely N-dealkylation sites (tertiary alicyclic amines) is 1. The lowest BCUT2D eigenvalue weighted by molar-refractivity contribution is -1.03. The number of nitrogens with zero attached hydrogens (tertiary/aromatic N) is 1. The first-order valence-electron chi connectivity index (χ1n) is 11.3. The summed E-state index contributed by atoms with van der Waals surface area (Å²) in [4.78, 5) is 0. The van der Waals surface area contributed by atoms with Crippen molar-refractivity contribution >= 4 is 0 Å². The van der Waals surface area contributed by atoms with E-state index in [1.807, 2.05) is 0 Å². The molecule has 0 unspecified atom stereocenters. The largest absolute Gasteiger partial charge is 0.378 e. The second-order valence-electron chi connectivity index (χ2n) is 9.08. The van der Waals surface area contributed by atoms with Crippen LogP contribution in [0.1, 0.15) is 42.9 Å². The van der Waals surface area contributed by atoms with Crippen molar-refractivity contribution < 1.29 is 9.59 Å². The average Bonchev–Trinajstić information content (AvgIpc) is 2.78. The Hall–Kier alpha value is -2.42. The smallest absolute Gasteiger partial charge is 0.165 e. The molecule has 0 amide bonds. The van der Waals surface area contributed by atoms with E-state index >= 15 is 0 Å². The van der Waals surface area contributed by atoms with Crippen LogP contribution in [-0.2, 0) is 19.5 Å². The van der Waals surface area contributed by atoms with Gasteiger partial charge >= 0.3 is 0 Å². The monoisotopic (exact) mass is 400 g/mol. The van der Waals surface area contributed by atoms with Crippen molar-refractivity contribution in [3.63, 3.8) is 0 Å². The summed E-state index contributed by atoms with van der Waals surface area (Å²) in [6.45, 7) is 4.96. The van der Waals surface area contributed by atoms with Crippen molar-refractivity contribution in [3.05, 3.63) is 108 Å². The topological polar surface area (TPSA) is 20.2 Å². The zero-order valence-corrected chi connectivity index (χ0v) is 18.1. The Balaban J connectivity index is 1.69. The molecule has 4 rings (SSSR count). The summed E-state index contributed by atoms with van der Waals surface area (Å²) in [6, 6.07) is 32.5. The van der Waals surface area contributed by atoms with Crippen LogP contribution in [0.4, 0.5) is 0 Å².